The molecule has 0 aliphatic rings. The number of thioether (sulfide) groups is 1. The fourth-order valence-electron chi connectivity index (χ4n) is 4.36. The van der Waals surface area contributed by atoms with Crippen molar-refractivity contribution in [2.75, 3.05) is 11.5 Å². The number of benzene rings is 3. The molecule has 1 N–H and O–H groups in total. The van der Waals surface area contributed by atoms with Crippen molar-refractivity contribution in [1.29, 1.82) is 0 Å². The molecule has 40 heavy (non-hydrogen) atoms. The van der Waals surface area contributed by atoms with E-state index < -0.39 is 0 Å². The van der Waals surface area contributed by atoms with Crippen LogP contribution < -0.4 is 9.47 Å². The van der Waals surface area contributed by atoms with E-state index in [0.717, 1.165) is 27.8 Å². The Kier molecular flexibility index (Phi) is 10.5. The number of aromatic hydroxyl groups is 1. The number of hydrogen-bond donors (Lipinski definition) is 1. The van der Waals surface area contributed by atoms with E-state index in [1.54, 1.807) is 12.1 Å². The molecule has 0 saturated carbocycles. The Morgan fingerprint density at radius 2 is 1.32 bits per heavy atom. The summed E-state index contributed by atoms with van der Waals surface area (Å²) in [5.41, 5.74) is 4.44. The molecule has 0 aliphatic heterocycles. The predicted octanol–water partition coefficient (Wildman–Crippen LogP) is 7.91. The van der Waals surface area contributed by atoms with Crippen molar-refractivity contribution >= 4 is 23.7 Å². The Morgan fingerprint density at radius 3 is 1.88 bits per heavy atom. The summed E-state index contributed by atoms with van der Waals surface area (Å²) in [4.78, 5) is 24.7. The standard InChI is InChI=1S/C34H42O5S/c1-23-13-14-29(39-31(36)16-18-40-17-15-30(35)38-26-11-9-8-10-12-26)25(19-23)20-24-21-27(33(2,3)4)32(37)28(22-24)34(5,6)7/h8-14,19,21-22,37H,15-18,20H2,1-7H3. The molecular formula is C34H42O5S. The highest BCUT2D eigenvalue weighted by Crippen LogP contribution is 2.40. The van der Waals surface area contributed by atoms with Crippen molar-refractivity contribution in [3.8, 4) is 17.2 Å². The van der Waals surface area contributed by atoms with Crippen LogP contribution in [0.3, 0.4) is 0 Å². The van der Waals surface area contributed by atoms with Crippen LogP contribution in [0.25, 0.3) is 0 Å². The van der Waals surface area contributed by atoms with Gasteiger partial charge >= 0.3 is 11.9 Å². The topological polar surface area (TPSA) is 72.8 Å². The van der Waals surface area contributed by atoms with Gasteiger partial charge in [-0.1, -0.05) is 89.6 Å². The van der Waals surface area contributed by atoms with Crippen molar-refractivity contribution < 1.29 is 24.2 Å². The van der Waals surface area contributed by atoms with Crippen molar-refractivity contribution in [2.24, 2.45) is 0 Å². The van der Waals surface area contributed by atoms with Gasteiger partial charge in [0.15, 0.2) is 0 Å². The third kappa shape index (κ3) is 9.16. The van der Waals surface area contributed by atoms with Crippen LogP contribution >= 0.6 is 11.8 Å². The lowest BCUT2D eigenvalue weighted by Gasteiger charge is -2.28. The molecule has 5 nitrogen and oxygen atoms in total. The van der Waals surface area contributed by atoms with E-state index in [2.05, 4.69) is 59.7 Å². The average Bonchev–Trinajstić information content (AvgIpc) is 2.85. The molecule has 0 radical (unpaired) electrons. The lowest BCUT2D eigenvalue weighted by molar-refractivity contribution is -0.134. The van der Waals surface area contributed by atoms with E-state index in [-0.39, 0.29) is 35.6 Å². The minimum absolute atomic E-state index is 0.224. The summed E-state index contributed by atoms with van der Waals surface area (Å²) in [5, 5.41) is 11.1. The Balaban J connectivity index is 1.63. The summed E-state index contributed by atoms with van der Waals surface area (Å²) < 4.78 is 11.1. The molecule has 0 amide bonds. The zero-order valence-corrected chi connectivity index (χ0v) is 25.6. The molecule has 0 atom stereocenters. The van der Waals surface area contributed by atoms with E-state index in [1.807, 2.05) is 37.3 Å². The zero-order valence-electron chi connectivity index (χ0n) is 24.8. The summed E-state index contributed by atoms with van der Waals surface area (Å²) in [6.45, 7) is 14.6. The molecule has 0 heterocycles. The maximum absolute atomic E-state index is 12.7. The number of phenols is 1. The minimum Gasteiger partial charge on any atom is -0.507 e. The predicted molar refractivity (Wildman–Crippen MR) is 164 cm³/mol. The molecule has 214 valence electrons. The van der Waals surface area contributed by atoms with Crippen LogP contribution in [-0.2, 0) is 26.8 Å². The first kappa shape index (κ1) is 31.3. The first-order chi connectivity index (χ1) is 18.7. The van der Waals surface area contributed by atoms with Gasteiger partial charge in [0, 0.05) is 17.9 Å². The zero-order chi connectivity index (χ0) is 29.5. The van der Waals surface area contributed by atoms with Gasteiger partial charge in [0.25, 0.3) is 0 Å². The molecule has 0 aliphatic carbocycles. The summed E-state index contributed by atoms with van der Waals surface area (Å²) in [6, 6.07) is 19.0. The second-order valence-electron chi connectivity index (χ2n) is 12.2. The van der Waals surface area contributed by atoms with Crippen molar-refractivity contribution in [3.05, 3.63) is 88.5 Å². The molecule has 0 unspecified atom stereocenters. The summed E-state index contributed by atoms with van der Waals surface area (Å²) >= 11 is 1.52. The van der Waals surface area contributed by atoms with E-state index in [4.69, 9.17) is 9.47 Å². The van der Waals surface area contributed by atoms with E-state index in [0.29, 0.717) is 35.2 Å². The maximum atomic E-state index is 12.7. The Hall–Kier alpha value is -3.25. The third-order valence-electron chi connectivity index (χ3n) is 6.50. The van der Waals surface area contributed by atoms with Crippen LogP contribution in [0.4, 0.5) is 0 Å². The fourth-order valence-corrected chi connectivity index (χ4v) is 5.19. The molecule has 6 heteroatoms. The number of carbonyl (C=O) groups is 2. The van der Waals surface area contributed by atoms with Gasteiger partial charge in [-0.15, -0.1) is 0 Å². The summed E-state index contributed by atoms with van der Waals surface area (Å²) in [7, 11) is 0. The fraction of sp³-hybridized carbons (Fsp3) is 0.412. The molecule has 0 fully saturated rings. The van der Waals surface area contributed by atoms with Crippen LogP contribution in [0.5, 0.6) is 17.2 Å². The Morgan fingerprint density at radius 1 is 0.775 bits per heavy atom. The molecule has 0 saturated heterocycles. The van der Waals surface area contributed by atoms with Gasteiger partial charge in [0.05, 0.1) is 12.8 Å². The molecule has 3 rings (SSSR count). The number of rotatable bonds is 10. The first-order valence-corrected chi connectivity index (χ1v) is 14.9. The Bertz CT molecular complexity index is 1280. The van der Waals surface area contributed by atoms with Crippen LogP contribution in [0.15, 0.2) is 60.7 Å². The minimum atomic E-state index is -0.305. The lowest BCUT2D eigenvalue weighted by atomic mass is 9.78. The van der Waals surface area contributed by atoms with Crippen LogP contribution in [0, 0.1) is 6.92 Å². The molecule has 3 aromatic rings. The van der Waals surface area contributed by atoms with E-state index >= 15 is 0 Å². The van der Waals surface area contributed by atoms with Crippen molar-refractivity contribution in [3.63, 3.8) is 0 Å². The van der Waals surface area contributed by atoms with Crippen molar-refractivity contribution in [2.45, 2.75) is 78.6 Å². The number of esters is 2. The van der Waals surface area contributed by atoms with E-state index in [1.165, 1.54) is 11.8 Å². The molecule has 3 aromatic carbocycles. The monoisotopic (exact) mass is 562 g/mol. The van der Waals surface area contributed by atoms with Crippen LogP contribution in [0.1, 0.15) is 82.2 Å². The maximum Gasteiger partial charge on any atom is 0.312 e. The number of hydrogen-bond acceptors (Lipinski definition) is 6. The number of para-hydroxylation sites is 1. The smallest absolute Gasteiger partial charge is 0.312 e. The van der Waals surface area contributed by atoms with Gasteiger partial charge in [-0.2, -0.15) is 11.8 Å². The molecule has 0 spiro atoms. The highest BCUT2D eigenvalue weighted by atomic mass is 32.2. The molecular weight excluding hydrogens is 520 g/mol. The second-order valence-corrected chi connectivity index (χ2v) is 13.4. The highest BCUT2D eigenvalue weighted by Gasteiger charge is 2.27. The average molecular weight is 563 g/mol. The van der Waals surface area contributed by atoms with Gasteiger partial charge < -0.3 is 14.6 Å². The number of aryl methyl sites for hydroxylation is 1. The SMILES string of the molecule is Cc1ccc(OC(=O)CCSCCC(=O)Oc2ccccc2)c(Cc2cc(C(C)(C)C)c(O)c(C(C)(C)C)c2)c1. The largest absolute Gasteiger partial charge is 0.507 e. The number of ether oxygens (including phenoxy) is 2. The second kappa shape index (κ2) is 13.4. The first-order valence-electron chi connectivity index (χ1n) is 13.7. The van der Waals surface area contributed by atoms with Gasteiger partial charge in [-0.25, -0.2) is 0 Å². The van der Waals surface area contributed by atoms with Gasteiger partial charge in [0.2, 0.25) is 0 Å². The number of carbonyl (C=O) groups excluding carboxylic acids is 2. The molecule has 0 bridgehead atoms. The van der Waals surface area contributed by atoms with Crippen LogP contribution in [-0.4, -0.2) is 28.6 Å². The van der Waals surface area contributed by atoms with E-state index in [9.17, 15) is 14.7 Å². The highest BCUT2D eigenvalue weighted by molar-refractivity contribution is 7.99. The molecule has 0 aromatic heterocycles. The third-order valence-corrected chi connectivity index (χ3v) is 7.48. The quantitative estimate of drug-likeness (QED) is 0.154. The summed E-state index contributed by atoms with van der Waals surface area (Å²) in [6.07, 6.45) is 1.10. The lowest BCUT2D eigenvalue weighted by Crippen LogP contribution is -2.18. The van der Waals surface area contributed by atoms with Gasteiger partial charge in [-0.3, -0.25) is 9.59 Å². The normalized spacial score (nSPS) is 11.8. The van der Waals surface area contributed by atoms with Crippen molar-refractivity contribution in [1.82, 2.24) is 0 Å². The number of phenolic OH excluding ortho intramolecular Hbond substituents is 1. The Labute approximate surface area is 243 Å². The van der Waals surface area contributed by atoms with Gasteiger partial charge in [-0.05, 0) is 58.2 Å². The van der Waals surface area contributed by atoms with Gasteiger partial charge in [0.1, 0.15) is 17.2 Å². The summed E-state index contributed by atoms with van der Waals surface area (Å²) in [5.74, 6) is 1.97. The van der Waals surface area contributed by atoms with Crippen LogP contribution in [0.2, 0.25) is 0 Å².